The molecule has 0 unspecified atom stereocenters. The van der Waals surface area contributed by atoms with Gasteiger partial charge in [-0.15, -0.1) is 0 Å². The maximum Gasteiger partial charge on any atom is 0.253 e. The van der Waals surface area contributed by atoms with E-state index in [4.69, 9.17) is 0 Å². The largest absolute Gasteiger partial charge is 0.392 e. The first-order valence-electron chi connectivity index (χ1n) is 11.0. The van der Waals surface area contributed by atoms with Crippen LogP contribution in [0.1, 0.15) is 48.0 Å². The van der Waals surface area contributed by atoms with Gasteiger partial charge in [0.2, 0.25) is 11.8 Å². The monoisotopic (exact) mass is 413 g/mol. The Balaban J connectivity index is 1.36. The van der Waals surface area contributed by atoms with E-state index in [1.54, 1.807) is 4.90 Å². The number of rotatable bonds is 2. The molecule has 1 aromatic rings. The van der Waals surface area contributed by atoms with E-state index in [1.165, 1.54) is 0 Å². The number of hydrogen-bond donors (Lipinski definition) is 2. The van der Waals surface area contributed by atoms with Gasteiger partial charge in [0.15, 0.2) is 0 Å². The zero-order valence-corrected chi connectivity index (χ0v) is 17.6. The Morgan fingerprint density at radius 1 is 1.07 bits per heavy atom. The molecule has 3 amide bonds. The molecule has 4 rings (SSSR count). The number of piperidine rings is 3. The zero-order chi connectivity index (χ0) is 21.3. The van der Waals surface area contributed by atoms with Gasteiger partial charge in [-0.1, -0.05) is 17.7 Å². The van der Waals surface area contributed by atoms with Crippen LogP contribution >= 0.6 is 0 Å². The summed E-state index contributed by atoms with van der Waals surface area (Å²) in [6.45, 7) is 4.52. The molecule has 30 heavy (non-hydrogen) atoms. The average Bonchev–Trinajstić information content (AvgIpc) is 2.77. The highest BCUT2D eigenvalue weighted by atomic mass is 16.3. The predicted octanol–water partition coefficient (Wildman–Crippen LogP) is 1.34. The van der Waals surface area contributed by atoms with E-state index in [0.29, 0.717) is 64.0 Å². The minimum Gasteiger partial charge on any atom is -0.392 e. The number of nitrogens with zero attached hydrogens (tertiary/aromatic N) is 2. The summed E-state index contributed by atoms with van der Waals surface area (Å²) in [5.74, 6) is -0.190. The molecule has 2 N–H and O–H groups in total. The lowest BCUT2D eigenvalue weighted by Gasteiger charge is -2.47. The Morgan fingerprint density at radius 2 is 1.73 bits per heavy atom. The van der Waals surface area contributed by atoms with Crippen molar-refractivity contribution in [2.75, 3.05) is 32.7 Å². The number of benzene rings is 1. The first-order valence-corrected chi connectivity index (χ1v) is 11.0. The number of amides is 3. The molecule has 3 saturated heterocycles. The highest BCUT2D eigenvalue weighted by molar-refractivity contribution is 5.94. The smallest absolute Gasteiger partial charge is 0.253 e. The van der Waals surface area contributed by atoms with Crippen molar-refractivity contribution in [3.8, 4) is 0 Å². The van der Waals surface area contributed by atoms with Gasteiger partial charge in [0, 0.05) is 44.2 Å². The van der Waals surface area contributed by atoms with Crippen molar-refractivity contribution in [2.45, 2.75) is 45.1 Å². The minimum atomic E-state index is -0.867. The Hall–Kier alpha value is -2.41. The molecule has 7 heteroatoms. The molecule has 0 aliphatic carbocycles. The lowest BCUT2D eigenvalue weighted by atomic mass is 9.71. The van der Waals surface area contributed by atoms with Crippen LogP contribution in [0, 0.1) is 18.3 Å². The summed E-state index contributed by atoms with van der Waals surface area (Å²) in [6, 6.07) is 7.57. The quantitative estimate of drug-likeness (QED) is 0.766. The molecule has 162 valence electrons. The van der Waals surface area contributed by atoms with E-state index in [0.717, 1.165) is 12.0 Å². The van der Waals surface area contributed by atoms with Crippen LogP contribution in [-0.2, 0) is 9.59 Å². The Kier molecular flexibility index (Phi) is 5.82. The second kappa shape index (κ2) is 8.38. The van der Waals surface area contributed by atoms with Gasteiger partial charge in [-0.3, -0.25) is 14.4 Å². The van der Waals surface area contributed by atoms with E-state index < -0.39 is 11.5 Å². The topological polar surface area (TPSA) is 90.0 Å². The van der Waals surface area contributed by atoms with Gasteiger partial charge < -0.3 is 20.2 Å². The summed E-state index contributed by atoms with van der Waals surface area (Å²) in [5, 5.41) is 13.4. The van der Waals surface area contributed by atoms with Crippen molar-refractivity contribution in [1.82, 2.24) is 15.1 Å². The number of aliphatic hydroxyl groups is 1. The zero-order valence-electron chi connectivity index (χ0n) is 17.6. The van der Waals surface area contributed by atoms with Crippen LogP contribution in [0.4, 0.5) is 0 Å². The van der Waals surface area contributed by atoms with Crippen LogP contribution in [0.15, 0.2) is 24.3 Å². The molecule has 0 bridgehead atoms. The molecular weight excluding hydrogens is 382 g/mol. The second-order valence-corrected chi connectivity index (χ2v) is 9.01. The standard InChI is InChI=1S/C23H31N3O4/c1-16-3-5-17(6-4-16)20(28)25-12-7-18(8-13-25)21(29)26-14-9-19(27)23(15-26)10-2-11-24-22(23)30/h3-6,18-19,27H,2,7-15H2,1H3,(H,24,30)/t19-,23-/m1/s1. The number of nitrogens with one attached hydrogen (secondary N) is 1. The summed E-state index contributed by atoms with van der Waals surface area (Å²) in [7, 11) is 0. The van der Waals surface area contributed by atoms with Crippen LogP contribution in [0.2, 0.25) is 0 Å². The molecule has 3 aliphatic rings. The number of aryl methyl sites for hydroxylation is 1. The SMILES string of the molecule is Cc1ccc(C(=O)N2CCC(C(=O)N3CC[C@@H](O)[C@@]4(CCCNC4=O)C3)CC2)cc1. The first-order chi connectivity index (χ1) is 14.4. The third-order valence-corrected chi connectivity index (χ3v) is 7.06. The van der Waals surface area contributed by atoms with Crippen LogP contribution in [0.25, 0.3) is 0 Å². The maximum absolute atomic E-state index is 13.2. The molecular formula is C23H31N3O4. The molecule has 0 aromatic heterocycles. The van der Waals surface area contributed by atoms with Crippen molar-refractivity contribution in [3.63, 3.8) is 0 Å². The van der Waals surface area contributed by atoms with Gasteiger partial charge in [-0.2, -0.15) is 0 Å². The molecule has 2 atom stereocenters. The molecule has 7 nitrogen and oxygen atoms in total. The number of aliphatic hydroxyl groups excluding tert-OH is 1. The van der Waals surface area contributed by atoms with Gasteiger partial charge in [-0.25, -0.2) is 0 Å². The van der Waals surface area contributed by atoms with E-state index in [1.807, 2.05) is 36.1 Å². The van der Waals surface area contributed by atoms with Gasteiger partial charge in [0.05, 0.1) is 11.5 Å². The third kappa shape index (κ3) is 3.83. The van der Waals surface area contributed by atoms with Crippen LogP contribution < -0.4 is 5.32 Å². The van der Waals surface area contributed by atoms with E-state index in [-0.39, 0.29) is 23.6 Å². The van der Waals surface area contributed by atoms with Gasteiger partial charge in [0.25, 0.3) is 5.91 Å². The normalized spacial score (nSPS) is 27.8. The van der Waals surface area contributed by atoms with Crippen LogP contribution in [0.3, 0.4) is 0 Å². The van der Waals surface area contributed by atoms with E-state index >= 15 is 0 Å². The predicted molar refractivity (Wildman–Crippen MR) is 112 cm³/mol. The Bertz CT molecular complexity index is 816. The molecule has 0 saturated carbocycles. The molecule has 3 heterocycles. The molecule has 3 fully saturated rings. The molecule has 1 aromatic carbocycles. The number of likely N-dealkylation sites (tertiary alicyclic amines) is 2. The fourth-order valence-corrected chi connectivity index (χ4v) is 5.10. The minimum absolute atomic E-state index is 0.0137. The van der Waals surface area contributed by atoms with Gasteiger partial charge >= 0.3 is 0 Å². The fraction of sp³-hybridized carbons (Fsp3) is 0.609. The lowest BCUT2D eigenvalue weighted by Crippen LogP contribution is -2.62. The van der Waals surface area contributed by atoms with Crippen LogP contribution in [-0.4, -0.2) is 71.5 Å². The molecule has 0 radical (unpaired) electrons. The van der Waals surface area contributed by atoms with Crippen molar-refractivity contribution in [2.24, 2.45) is 11.3 Å². The maximum atomic E-state index is 13.2. The lowest BCUT2D eigenvalue weighted by molar-refractivity contribution is -0.157. The number of hydrogen-bond acceptors (Lipinski definition) is 4. The third-order valence-electron chi connectivity index (χ3n) is 7.06. The highest BCUT2D eigenvalue weighted by Gasteiger charge is 2.51. The summed E-state index contributed by atoms with van der Waals surface area (Å²) in [6.07, 6.45) is 2.45. The first kappa shape index (κ1) is 20.8. The molecule has 3 aliphatic heterocycles. The van der Waals surface area contributed by atoms with Gasteiger partial charge in [-0.05, 0) is 51.2 Å². The number of carbonyl (C=O) groups is 3. The van der Waals surface area contributed by atoms with Crippen LogP contribution in [0.5, 0.6) is 0 Å². The van der Waals surface area contributed by atoms with Crippen molar-refractivity contribution in [3.05, 3.63) is 35.4 Å². The Morgan fingerprint density at radius 3 is 2.40 bits per heavy atom. The second-order valence-electron chi connectivity index (χ2n) is 9.01. The Labute approximate surface area is 177 Å². The molecule has 1 spiro atoms. The average molecular weight is 414 g/mol. The highest BCUT2D eigenvalue weighted by Crippen LogP contribution is 2.38. The summed E-state index contributed by atoms with van der Waals surface area (Å²) < 4.78 is 0. The van der Waals surface area contributed by atoms with Crippen molar-refractivity contribution >= 4 is 17.7 Å². The summed E-state index contributed by atoms with van der Waals surface area (Å²) in [4.78, 5) is 42.1. The number of carbonyl (C=O) groups excluding carboxylic acids is 3. The van der Waals surface area contributed by atoms with Crippen molar-refractivity contribution < 1.29 is 19.5 Å². The van der Waals surface area contributed by atoms with E-state index in [9.17, 15) is 19.5 Å². The van der Waals surface area contributed by atoms with Gasteiger partial charge in [0.1, 0.15) is 0 Å². The summed E-state index contributed by atoms with van der Waals surface area (Å²) in [5.41, 5.74) is 0.932. The fourth-order valence-electron chi connectivity index (χ4n) is 5.10. The summed E-state index contributed by atoms with van der Waals surface area (Å²) >= 11 is 0. The van der Waals surface area contributed by atoms with Crippen molar-refractivity contribution in [1.29, 1.82) is 0 Å². The van der Waals surface area contributed by atoms with E-state index in [2.05, 4.69) is 5.32 Å².